The number of nitrogens with zero attached hydrogens (tertiary/aromatic N) is 2. The van der Waals surface area contributed by atoms with Crippen molar-refractivity contribution in [3.8, 4) is 0 Å². The van der Waals surface area contributed by atoms with Crippen molar-refractivity contribution in [1.82, 2.24) is 9.21 Å². The lowest BCUT2D eigenvalue weighted by Crippen LogP contribution is -2.30. The first-order valence-corrected chi connectivity index (χ1v) is 10.9. The van der Waals surface area contributed by atoms with E-state index in [1.165, 1.54) is 15.9 Å². The van der Waals surface area contributed by atoms with Gasteiger partial charge in [0.05, 0.1) is 11.4 Å². The average molecular weight is 394 g/mol. The van der Waals surface area contributed by atoms with Crippen molar-refractivity contribution in [3.05, 3.63) is 46.7 Å². The third-order valence-corrected chi connectivity index (χ3v) is 6.89. The summed E-state index contributed by atoms with van der Waals surface area (Å²) in [6, 6.07) is 8.51. The standard InChI is InChI=1S/C18H23N3O3S2/c1-20(12-15-7-10-25-14-15)13-18(22)19-16-5-4-6-17(11-16)26(23,24)21-8-2-3-9-21/h4-7,10-11,14H,2-3,8-9,12-13H2,1H3,(H,19,22). The van der Waals surface area contributed by atoms with Crippen LogP contribution in [0.15, 0.2) is 46.0 Å². The van der Waals surface area contributed by atoms with Gasteiger partial charge in [-0.05, 0) is 60.5 Å². The van der Waals surface area contributed by atoms with Crippen LogP contribution in [0.4, 0.5) is 5.69 Å². The van der Waals surface area contributed by atoms with Crippen molar-refractivity contribution >= 4 is 33.0 Å². The molecule has 2 aromatic rings. The number of carbonyl (C=O) groups is 1. The summed E-state index contributed by atoms with van der Waals surface area (Å²) in [5.74, 6) is -0.168. The molecule has 2 heterocycles. The van der Waals surface area contributed by atoms with Crippen molar-refractivity contribution < 1.29 is 13.2 Å². The lowest BCUT2D eigenvalue weighted by molar-refractivity contribution is -0.117. The highest BCUT2D eigenvalue weighted by molar-refractivity contribution is 7.89. The van der Waals surface area contributed by atoms with Crippen LogP contribution in [0.25, 0.3) is 0 Å². The highest BCUT2D eigenvalue weighted by Gasteiger charge is 2.27. The summed E-state index contributed by atoms with van der Waals surface area (Å²) in [7, 11) is -1.60. The molecule has 1 N–H and O–H groups in total. The van der Waals surface area contributed by atoms with Crippen LogP contribution < -0.4 is 5.32 Å². The Labute approximate surface area is 158 Å². The van der Waals surface area contributed by atoms with E-state index in [1.54, 1.807) is 29.5 Å². The van der Waals surface area contributed by atoms with E-state index in [-0.39, 0.29) is 17.3 Å². The number of hydrogen-bond acceptors (Lipinski definition) is 5. The van der Waals surface area contributed by atoms with Crippen LogP contribution in [-0.2, 0) is 21.4 Å². The maximum absolute atomic E-state index is 12.6. The van der Waals surface area contributed by atoms with Gasteiger partial charge < -0.3 is 5.32 Å². The predicted molar refractivity (Wildman–Crippen MR) is 104 cm³/mol. The number of anilines is 1. The zero-order chi connectivity index (χ0) is 18.6. The normalized spacial score (nSPS) is 15.5. The minimum atomic E-state index is -3.48. The molecule has 1 saturated heterocycles. The summed E-state index contributed by atoms with van der Waals surface area (Å²) < 4.78 is 26.8. The number of sulfonamides is 1. The highest BCUT2D eigenvalue weighted by atomic mass is 32.2. The van der Waals surface area contributed by atoms with E-state index in [0.29, 0.717) is 25.3 Å². The Kier molecular flexibility index (Phi) is 6.08. The SMILES string of the molecule is CN(CC(=O)Nc1cccc(S(=O)(=O)N2CCCC2)c1)Cc1ccsc1. The Morgan fingerprint density at radius 3 is 2.73 bits per heavy atom. The average Bonchev–Trinajstić information content (AvgIpc) is 3.28. The number of nitrogens with one attached hydrogen (secondary N) is 1. The molecule has 1 aromatic heterocycles. The Hall–Kier alpha value is -1.74. The first-order chi connectivity index (χ1) is 12.4. The van der Waals surface area contributed by atoms with Gasteiger partial charge in [0.2, 0.25) is 15.9 Å². The van der Waals surface area contributed by atoms with Gasteiger partial charge >= 0.3 is 0 Å². The maximum atomic E-state index is 12.6. The first kappa shape index (κ1) is 19.0. The molecule has 1 aliphatic rings. The van der Waals surface area contributed by atoms with Crippen molar-refractivity contribution in [1.29, 1.82) is 0 Å². The quantitative estimate of drug-likeness (QED) is 0.785. The van der Waals surface area contributed by atoms with Gasteiger partial charge in [-0.15, -0.1) is 0 Å². The summed E-state index contributed by atoms with van der Waals surface area (Å²) in [6.07, 6.45) is 1.79. The van der Waals surface area contributed by atoms with Gasteiger partial charge in [-0.1, -0.05) is 6.07 Å². The highest BCUT2D eigenvalue weighted by Crippen LogP contribution is 2.23. The van der Waals surface area contributed by atoms with Crippen LogP contribution >= 0.6 is 11.3 Å². The van der Waals surface area contributed by atoms with Crippen LogP contribution in [0, 0.1) is 0 Å². The topological polar surface area (TPSA) is 69.7 Å². The Balaban J connectivity index is 1.62. The Morgan fingerprint density at radius 1 is 1.27 bits per heavy atom. The third-order valence-electron chi connectivity index (χ3n) is 4.27. The van der Waals surface area contributed by atoms with Crippen molar-refractivity contribution in [2.24, 2.45) is 0 Å². The number of likely N-dealkylation sites (N-methyl/N-ethyl adjacent to an activating group) is 1. The first-order valence-electron chi connectivity index (χ1n) is 8.55. The Morgan fingerprint density at radius 2 is 2.04 bits per heavy atom. The molecule has 0 unspecified atom stereocenters. The van der Waals surface area contributed by atoms with E-state index in [4.69, 9.17) is 0 Å². The minimum Gasteiger partial charge on any atom is -0.325 e. The van der Waals surface area contributed by atoms with Crippen LogP contribution in [0.1, 0.15) is 18.4 Å². The van der Waals surface area contributed by atoms with Crippen LogP contribution in [0.3, 0.4) is 0 Å². The molecule has 0 radical (unpaired) electrons. The molecule has 0 aliphatic carbocycles. The van der Waals surface area contributed by atoms with Crippen LogP contribution in [0.5, 0.6) is 0 Å². The molecule has 140 valence electrons. The molecule has 8 heteroatoms. The fourth-order valence-corrected chi connectivity index (χ4v) is 5.23. The number of carbonyl (C=O) groups excluding carboxylic acids is 1. The summed E-state index contributed by atoms with van der Waals surface area (Å²) in [4.78, 5) is 14.4. The van der Waals surface area contributed by atoms with Crippen LogP contribution in [0.2, 0.25) is 0 Å². The third kappa shape index (κ3) is 4.70. The van der Waals surface area contributed by atoms with E-state index in [9.17, 15) is 13.2 Å². The van der Waals surface area contributed by atoms with Gasteiger partial charge in [0.25, 0.3) is 0 Å². The maximum Gasteiger partial charge on any atom is 0.243 e. The molecule has 0 saturated carbocycles. The van der Waals surface area contributed by atoms with Crippen molar-refractivity contribution in [2.45, 2.75) is 24.3 Å². The van der Waals surface area contributed by atoms with E-state index >= 15 is 0 Å². The molecule has 1 aliphatic heterocycles. The number of hydrogen-bond donors (Lipinski definition) is 1. The minimum absolute atomic E-state index is 0.168. The van der Waals surface area contributed by atoms with Crippen LogP contribution in [-0.4, -0.2) is 50.2 Å². The number of rotatable bonds is 7. The monoisotopic (exact) mass is 393 g/mol. The number of amides is 1. The van der Waals surface area contributed by atoms with Gasteiger partial charge in [0.1, 0.15) is 0 Å². The molecular weight excluding hydrogens is 370 g/mol. The smallest absolute Gasteiger partial charge is 0.243 e. The fraction of sp³-hybridized carbons (Fsp3) is 0.389. The van der Waals surface area contributed by atoms with E-state index in [1.807, 2.05) is 23.4 Å². The van der Waals surface area contributed by atoms with E-state index in [2.05, 4.69) is 10.7 Å². The van der Waals surface area contributed by atoms with E-state index < -0.39 is 10.0 Å². The van der Waals surface area contributed by atoms with Crippen molar-refractivity contribution in [3.63, 3.8) is 0 Å². The molecule has 0 spiro atoms. The summed E-state index contributed by atoms with van der Waals surface area (Å²) in [5.41, 5.74) is 1.67. The lowest BCUT2D eigenvalue weighted by Gasteiger charge is -2.17. The van der Waals surface area contributed by atoms with Crippen molar-refractivity contribution in [2.75, 3.05) is 32.0 Å². The zero-order valence-electron chi connectivity index (χ0n) is 14.7. The molecule has 6 nitrogen and oxygen atoms in total. The Bertz CT molecular complexity index is 844. The summed E-state index contributed by atoms with van der Waals surface area (Å²) in [6.45, 7) is 2.05. The second kappa shape index (κ2) is 8.30. The number of thiophene rings is 1. The summed E-state index contributed by atoms with van der Waals surface area (Å²) >= 11 is 1.63. The van der Waals surface area contributed by atoms with Gasteiger partial charge in [0, 0.05) is 25.3 Å². The molecular formula is C18H23N3O3S2. The van der Waals surface area contributed by atoms with Gasteiger partial charge in [-0.2, -0.15) is 15.6 Å². The molecule has 3 rings (SSSR count). The molecule has 0 bridgehead atoms. The van der Waals surface area contributed by atoms with Gasteiger partial charge in [-0.25, -0.2) is 8.42 Å². The predicted octanol–water partition coefficient (Wildman–Crippen LogP) is 2.60. The van der Waals surface area contributed by atoms with Gasteiger partial charge in [-0.3, -0.25) is 9.69 Å². The fourth-order valence-electron chi connectivity index (χ4n) is 3.01. The molecule has 1 aromatic carbocycles. The number of benzene rings is 1. The molecule has 1 fully saturated rings. The zero-order valence-corrected chi connectivity index (χ0v) is 16.4. The largest absolute Gasteiger partial charge is 0.325 e. The van der Waals surface area contributed by atoms with Gasteiger partial charge in [0.15, 0.2) is 0 Å². The summed E-state index contributed by atoms with van der Waals surface area (Å²) in [5, 5.41) is 6.86. The van der Waals surface area contributed by atoms with E-state index in [0.717, 1.165) is 12.8 Å². The lowest BCUT2D eigenvalue weighted by atomic mass is 10.3. The molecule has 26 heavy (non-hydrogen) atoms. The second-order valence-electron chi connectivity index (χ2n) is 6.49. The molecule has 1 amide bonds. The molecule has 0 atom stereocenters. The second-order valence-corrected chi connectivity index (χ2v) is 9.21.